The SMILES string of the molecule is Clc1nc2c(o1)C=[C+]C=C2. The second-order valence-corrected chi connectivity index (χ2v) is 2.18. The summed E-state index contributed by atoms with van der Waals surface area (Å²) in [5, 5.41) is 0.176. The van der Waals surface area contributed by atoms with Gasteiger partial charge in [0, 0.05) is 6.08 Å². The number of rotatable bonds is 0. The Hall–Kier alpha value is -1.11. The molecule has 0 saturated heterocycles. The van der Waals surface area contributed by atoms with Gasteiger partial charge in [0.05, 0.1) is 6.08 Å². The molecule has 10 heavy (non-hydrogen) atoms. The highest BCUT2D eigenvalue weighted by molar-refractivity contribution is 6.27. The lowest BCUT2D eigenvalue weighted by Gasteiger charge is -1.78. The monoisotopic (exact) mass is 152 g/mol. The van der Waals surface area contributed by atoms with Crippen molar-refractivity contribution in [3.8, 4) is 0 Å². The molecule has 3 heteroatoms. The molecule has 0 fully saturated rings. The van der Waals surface area contributed by atoms with Crippen LogP contribution < -0.4 is 0 Å². The summed E-state index contributed by atoms with van der Waals surface area (Å²) < 4.78 is 4.99. The van der Waals surface area contributed by atoms with E-state index in [1.54, 1.807) is 18.2 Å². The molecule has 1 aromatic rings. The molecule has 1 aliphatic rings. The highest BCUT2D eigenvalue weighted by atomic mass is 35.5. The van der Waals surface area contributed by atoms with Gasteiger partial charge in [0.25, 0.3) is 5.76 Å². The normalized spacial score (nSPS) is 12.9. The molecule has 0 spiro atoms. The smallest absolute Gasteiger partial charge is 0.309 e. The van der Waals surface area contributed by atoms with E-state index >= 15 is 0 Å². The molecule has 0 aromatic carbocycles. The Morgan fingerprint density at radius 2 is 2.50 bits per heavy atom. The lowest BCUT2D eigenvalue weighted by atomic mass is 10.2. The van der Waals surface area contributed by atoms with E-state index in [9.17, 15) is 0 Å². The van der Waals surface area contributed by atoms with Crippen LogP contribution in [0.4, 0.5) is 0 Å². The minimum atomic E-state index is 0.176. The van der Waals surface area contributed by atoms with Crippen LogP contribution in [-0.4, -0.2) is 4.98 Å². The number of hydrogen-bond acceptors (Lipinski definition) is 2. The average molecular weight is 153 g/mol. The molecule has 0 aliphatic heterocycles. The maximum atomic E-state index is 5.49. The molecular weight excluding hydrogens is 150 g/mol. The van der Waals surface area contributed by atoms with Crippen LogP contribution in [0.15, 0.2) is 10.5 Å². The zero-order valence-electron chi connectivity index (χ0n) is 4.97. The number of aromatic nitrogens is 1. The van der Waals surface area contributed by atoms with Gasteiger partial charge in [-0.2, -0.15) is 4.98 Å². The van der Waals surface area contributed by atoms with Crippen LogP contribution in [0.3, 0.4) is 0 Å². The molecule has 0 unspecified atom stereocenters. The van der Waals surface area contributed by atoms with Crippen molar-refractivity contribution in [1.82, 2.24) is 4.98 Å². The third kappa shape index (κ3) is 0.747. The van der Waals surface area contributed by atoms with Crippen LogP contribution in [0.2, 0.25) is 5.35 Å². The zero-order valence-corrected chi connectivity index (χ0v) is 5.72. The van der Waals surface area contributed by atoms with Crippen molar-refractivity contribution in [1.29, 1.82) is 0 Å². The van der Waals surface area contributed by atoms with Crippen molar-refractivity contribution in [2.75, 3.05) is 0 Å². The van der Waals surface area contributed by atoms with Crippen molar-refractivity contribution in [3.05, 3.63) is 29.0 Å². The molecule has 48 valence electrons. The minimum absolute atomic E-state index is 0.176. The Balaban J connectivity index is 2.64. The molecule has 1 heterocycles. The molecule has 2 nitrogen and oxygen atoms in total. The van der Waals surface area contributed by atoms with E-state index in [4.69, 9.17) is 16.0 Å². The van der Waals surface area contributed by atoms with Gasteiger partial charge in [-0.1, -0.05) is 0 Å². The van der Waals surface area contributed by atoms with Crippen LogP contribution in [0.5, 0.6) is 0 Å². The Kier molecular flexibility index (Phi) is 1.10. The summed E-state index contributed by atoms with van der Waals surface area (Å²) in [4.78, 5) is 3.89. The first-order chi connectivity index (χ1) is 4.86. The molecule has 0 radical (unpaired) electrons. The van der Waals surface area contributed by atoms with Gasteiger partial charge < -0.3 is 4.42 Å². The summed E-state index contributed by atoms with van der Waals surface area (Å²) in [7, 11) is 0. The van der Waals surface area contributed by atoms with Crippen molar-refractivity contribution >= 4 is 23.8 Å². The first-order valence-electron chi connectivity index (χ1n) is 2.78. The highest BCUT2D eigenvalue weighted by Crippen LogP contribution is 2.20. The number of nitrogens with zero attached hydrogens (tertiary/aromatic N) is 1. The van der Waals surface area contributed by atoms with Gasteiger partial charge >= 0.3 is 5.35 Å². The van der Waals surface area contributed by atoms with Crippen molar-refractivity contribution in [2.45, 2.75) is 0 Å². The zero-order chi connectivity index (χ0) is 6.97. The molecule has 1 aliphatic carbocycles. The molecular formula is C7H3ClNO+. The number of oxazole rings is 1. The lowest BCUT2D eigenvalue weighted by Crippen LogP contribution is -1.77. The van der Waals surface area contributed by atoms with E-state index in [1.807, 2.05) is 0 Å². The summed E-state index contributed by atoms with van der Waals surface area (Å²) in [6.07, 6.45) is 8.12. The Morgan fingerprint density at radius 1 is 1.60 bits per heavy atom. The minimum Gasteiger partial charge on any atom is -0.362 e. The maximum Gasteiger partial charge on any atom is 0.309 e. The van der Waals surface area contributed by atoms with E-state index in [0.29, 0.717) is 5.76 Å². The number of hydrogen-bond donors (Lipinski definition) is 0. The van der Waals surface area contributed by atoms with E-state index in [2.05, 4.69) is 11.1 Å². The average Bonchev–Trinajstić information content (AvgIpc) is 2.27. The molecule has 0 saturated carbocycles. The number of fused-ring (bicyclic) bond motifs is 1. The molecule has 1 aromatic heterocycles. The predicted molar refractivity (Wildman–Crippen MR) is 38.3 cm³/mol. The van der Waals surface area contributed by atoms with Crippen LogP contribution in [0, 0.1) is 6.08 Å². The largest absolute Gasteiger partial charge is 0.362 e. The Morgan fingerprint density at radius 3 is 3.30 bits per heavy atom. The summed E-state index contributed by atoms with van der Waals surface area (Å²) in [5.74, 6) is 0.674. The third-order valence-electron chi connectivity index (χ3n) is 1.21. The maximum absolute atomic E-state index is 5.49. The second kappa shape index (κ2) is 1.94. The van der Waals surface area contributed by atoms with Gasteiger partial charge in [0.15, 0.2) is 0 Å². The quantitative estimate of drug-likeness (QED) is 0.533. The number of allylic oxidation sites excluding steroid dienone is 2. The summed E-state index contributed by atoms with van der Waals surface area (Å²) >= 11 is 5.49. The molecule has 0 amide bonds. The second-order valence-electron chi connectivity index (χ2n) is 1.86. The van der Waals surface area contributed by atoms with Crippen molar-refractivity contribution in [3.63, 3.8) is 0 Å². The molecule has 0 N–H and O–H groups in total. The van der Waals surface area contributed by atoms with Gasteiger partial charge in [-0.25, -0.2) is 0 Å². The van der Waals surface area contributed by atoms with Crippen LogP contribution in [0.25, 0.3) is 12.2 Å². The van der Waals surface area contributed by atoms with E-state index < -0.39 is 0 Å². The fourth-order valence-corrected chi connectivity index (χ4v) is 0.963. The van der Waals surface area contributed by atoms with Crippen LogP contribution in [0.1, 0.15) is 11.5 Å². The topological polar surface area (TPSA) is 26.0 Å². The van der Waals surface area contributed by atoms with Crippen LogP contribution >= 0.6 is 11.6 Å². The first kappa shape index (κ1) is 5.66. The Labute approximate surface area is 62.8 Å². The standard InChI is InChI=1S/C7H3ClNO/c8-7-9-5-3-1-2-4-6(5)10-7/h1,3-4H/q+1. The predicted octanol–water partition coefficient (Wildman–Crippen LogP) is 2.17. The van der Waals surface area contributed by atoms with Gasteiger partial charge in [0.2, 0.25) is 5.69 Å². The van der Waals surface area contributed by atoms with Gasteiger partial charge in [0.1, 0.15) is 12.2 Å². The fourth-order valence-electron chi connectivity index (χ4n) is 0.789. The summed E-state index contributed by atoms with van der Waals surface area (Å²) in [5.41, 5.74) is 0.767. The van der Waals surface area contributed by atoms with Gasteiger partial charge in [-0.3, -0.25) is 0 Å². The lowest BCUT2D eigenvalue weighted by molar-refractivity contribution is 0.550. The van der Waals surface area contributed by atoms with Gasteiger partial charge in [-0.15, -0.1) is 0 Å². The Bertz CT molecular complexity index is 282. The number of halogens is 1. The van der Waals surface area contributed by atoms with Gasteiger partial charge in [-0.05, 0) is 11.6 Å². The summed E-state index contributed by atoms with van der Waals surface area (Å²) in [6.45, 7) is 0. The fraction of sp³-hybridized carbons (Fsp3) is 0. The van der Waals surface area contributed by atoms with E-state index in [1.165, 1.54) is 0 Å². The highest BCUT2D eigenvalue weighted by Gasteiger charge is 2.16. The molecule has 2 rings (SSSR count). The third-order valence-corrected chi connectivity index (χ3v) is 1.37. The molecule has 0 atom stereocenters. The van der Waals surface area contributed by atoms with E-state index in [-0.39, 0.29) is 5.35 Å². The van der Waals surface area contributed by atoms with E-state index in [0.717, 1.165) is 5.69 Å². The van der Waals surface area contributed by atoms with Crippen LogP contribution in [-0.2, 0) is 0 Å². The molecule has 0 bridgehead atoms. The van der Waals surface area contributed by atoms with Crippen molar-refractivity contribution in [2.24, 2.45) is 0 Å². The summed E-state index contributed by atoms with van der Waals surface area (Å²) in [6, 6.07) is 0. The van der Waals surface area contributed by atoms with Crippen molar-refractivity contribution < 1.29 is 4.42 Å². The first-order valence-corrected chi connectivity index (χ1v) is 3.16.